The van der Waals surface area contributed by atoms with Crippen molar-refractivity contribution in [3.8, 4) is 22.9 Å². The molecule has 1 radical (unpaired) electrons. The van der Waals surface area contributed by atoms with Crippen molar-refractivity contribution in [3.05, 3.63) is 139 Å². The zero-order valence-electron chi connectivity index (χ0n) is 28.0. The molecule has 0 fully saturated rings. The molecular weight excluding hydrogens is 759 g/mol. The zero-order chi connectivity index (χ0) is 36.9. The number of hydrogen-bond donors (Lipinski definition) is 3. The Hall–Kier alpha value is -5.46. The van der Waals surface area contributed by atoms with E-state index < -0.39 is 37.6 Å². The summed E-state index contributed by atoms with van der Waals surface area (Å²) in [6, 6.07) is 24.0. The molecule has 18 nitrogen and oxygen atoms in total. The smallest absolute Gasteiger partial charge is 0.871 e. The van der Waals surface area contributed by atoms with E-state index >= 15 is 0 Å². The molecule has 0 atom stereocenters. The molecule has 0 aliphatic carbocycles. The van der Waals surface area contributed by atoms with Crippen LogP contribution in [0.25, 0.3) is 11.4 Å². The first-order valence-corrected chi connectivity index (χ1v) is 16.2. The molecule has 0 amide bonds. The van der Waals surface area contributed by atoms with E-state index in [1.165, 1.54) is 9.36 Å². The first kappa shape index (κ1) is 42.0. The maximum absolute atomic E-state index is 12.5. The second-order valence-corrected chi connectivity index (χ2v) is 12.2. The molecule has 0 bridgehead atoms. The van der Waals surface area contributed by atoms with Gasteiger partial charge in [-0.25, -0.2) is 22.9 Å². The summed E-state index contributed by atoms with van der Waals surface area (Å²) in [7, 11) is -3.99. The normalized spacial score (nSPS) is 11.1. The number of aryl methyl sites for hydroxylation is 2. The third kappa shape index (κ3) is 9.91. The number of rotatable bonds is 8. The van der Waals surface area contributed by atoms with Gasteiger partial charge in [0, 0.05) is 12.1 Å². The van der Waals surface area contributed by atoms with E-state index in [-0.39, 0.29) is 80.3 Å². The van der Waals surface area contributed by atoms with Crippen LogP contribution in [0, 0.1) is 24.0 Å². The molecular formula is C32H26CrN10NaO8S+2. The van der Waals surface area contributed by atoms with Crippen LogP contribution >= 0.6 is 0 Å². The van der Waals surface area contributed by atoms with Crippen LogP contribution in [-0.4, -0.2) is 32.9 Å². The molecule has 2 aromatic heterocycles. The molecule has 4 aromatic carbocycles. The zero-order valence-corrected chi connectivity index (χ0v) is 32.1. The van der Waals surface area contributed by atoms with E-state index in [4.69, 9.17) is 5.14 Å². The summed E-state index contributed by atoms with van der Waals surface area (Å²) in [5.41, 5.74) is 0.555. The number of nitrogens with one attached hydrogen (secondary N) is 2. The molecule has 0 saturated carbocycles. The van der Waals surface area contributed by atoms with Crippen LogP contribution in [0.15, 0.2) is 132 Å². The fourth-order valence-electron chi connectivity index (χ4n) is 4.49. The second kappa shape index (κ2) is 17.8. The number of aromatic nitrogens is 4. The van der Waals surface area contributed by atoms with Crippen LogP contribution in [0.1, 0.15) is 11.4 Å². The average Bonchev–Trinajstić information content (AvgIpc) is 3.56. The summed E-state index contributed by atoms with van der Waals surface area (Å²) in [6.07, 6.45) is 0. The SMILES string of the molecule is Cc1[nH]n(-c2ccccc2)c(=O)c1N=Nc1cc(S(N)(=O)=O)ccc1[O-].Cc1[nH]n(-c2ccccc2)c(=O)c1N=Nc1cc([N+](=O)[O-])ccc1[O-].[Cr+3].[Na+]. The summed E-state index contributed by atoms with van der Waals surface area (Å²) < 4.78 is 25.4. The van der Waals surface area contributed by atoms with Crippen molar-refractivity contribution in [2.24, 2.45) is 25.6 Å². The quantitative estimate of drug-likeness (QED) is 0.0878. The molecule has 263 valence electrons. The summed E-state index contributed by atoms with van der Waals surface area (Å²) in [6.45, 7) is 3.27. The van der Waals surface area contributed by atoms with E-state index in [0.717, 1.165) is 36.4 Å². The largest absolute Gasteiger partial charge is 3.00 e. The molecule has 0 saturated heterocycles. The first-order chi connectivity index (χ1) is 24.2. The van der Waals surface area contributed by atoms with Crippen molar-refractivity contribution in [1.82, 2.24) is 19.6 Å². The first-order valence-electron chi connectivity index (χ1n) is 14.6. The number of nitrogens with zero attached hydrogens (tertiary/aromatic N) is 7. The number of hydrogen-bond acceptors (Lipinski definition) is 12. The fraction of sp³-hybridized carbons (Fsp3) is 0.0625. The molecule has 0 unspecified atom stereocenters. The monoisotopic (exact) mass is 785 g/mol. The number of H-pyrrole nitrogens is 2. The Morgan fingerprint density at radius 1 is 0.679 bits per heavy atom. The number of primary sulfonamides is 1. The van der Waals surface area contributed by atoms with Crippen LogP contribution in [0.5, 0.6) is 11.5 Å². The van der Waals surface area contributed by atoms with Crippen molar-refractivity contribution in [1.29, 1.82) is 0 Å². The van der Waals surface area contributed by atoms with Gasteiger partial charge in [-0.2, -0.15) is 10.2 Å². The van der Waals surface area contributed by atoms with Gasteiger partial charge >= 0.3 is 46.9 Å². The second-order valence-electron chi connectivity index (χ2n) is 10.6. The maximum Gasteiger partial charge on any atom is 3.00 e. The van der Waals surface area contributed by atoms with Crippen LogP contribution in [0.3, 0.4) is 0 Å². The molecule has 0 spiro atoms. The van der Waals surface area contributed by atoms with E-state index in [9.17, 15) is 38.3 Å². The van der Waals surface area contributed by atoms with E-state index in [1.54, 1.807) is 62.4 Å². The number of nitro benzene ring substituents is 1. The maximum atomic E-state index is 12.5. The van der Waals surface area contributed by atoms with E-state index in [2.05, 4.69) is 30.7 Å². The molecule has 0 aliphatic rings. The average molecular weight is 786 g/mol. The predicted octanol–water partition coefficient (Wildman–Crippen LogP) is 1.48. The summed E-state index contributed by atoms with van der Waals surface area (Å²) in [5, 5.41) is 60.3. The summed E-state index contributed by atoms with van der Waals surface area (Å²) in [4.78, 5) is 34.8. The van der Waals surface area contributed by atoms with Crippen molar-refractivity contribution in [2.45, 2.75) is 18.7 Å². The molecule has 21 heteroatoms. The van der Waals surface area contributed by atoms with Crippen molar-refractivity contribution < 1.29 is 70.5 Å². The third-order valence-corrected chi connectivity index (χ3v) is 7.95. The van der Waals surface area contributed by atoms with Crippen molar-refractivity contribution in [3.63, 3.8) is 0 Å². The van der Waals surface area contributed by atoms with Crippen LogP contribution in [0.4, 0.5) is 28.4 Å². The van der Waals surface area contributed by atoms with Gasteiger partial charge in [0.1, 0.15) is 0 Å². The standard InChI is InChI=1S/C16H15N5O4S.C16H13N5O4.Cr.Na/c1-10-15(16(23)21(20-10)11-5-3-2-4-6-11)19-18-13-9-12(26(17,24)25)7-8-14(13)22;1-10-15(16(23)20(19-10)11-5-3-2-4-6-11)18-17-13-9-12(21(24)25)7-8-14(13)22;;/h2-9,20,22H,1H3,(H2,17,24,25);2-9,19,22H,1H3;;/q;;+3;+1/p-2. The molecule has 0 aliphatic heterocycles. The van der Waals surface area contributed by atoms with Crippen molar-refractivity contribution >= 4 is 38.5 Å². The van der Waals surface area contributed by atoms with Gasteiger partial charge in [-0.05, 0) is 50.2 Å². The number of nitro groups is 1. The minimum Gasteiger partial charge on any atom is -0.871 e. The van der Waals surface area contributed by atoms with Crippen LogP contribution in [0.2, 0.25) is 0 Å². The number of nitrogens with two attached hydrogens (primary N) is 1. The predicted molar refractivity (Wildman–Crippen MR) is 180 cm³/mol. The van der Waals surface area contributed by atoms with Gasteiger partial charge in [0.25, 0.3) is 16.8 Å². The van der Waals surface area contributed by atoms with Crippen molar-refractivity contribution in [2.75, 3.05) is 0 Å². The Kier molecular flexibility index (Phi) is 14.1. The number of sulfonamides is 1. The Bertz CT molecular complexity index is 2530. The number of benzene rings is 4. The van der Waals surface area contributed by atoms with E-state index in [1.807, 2.05) is 12.1 Å². The fourth-order valence-corrected chi connectivity index (χ4v) is 5.02. The third-order valence-electron chi connectivity index (χ3n) is 7.04. The molecule has 6 rings (SSSR count). The number of aromatic amines is 2. The Labute approximate surface area is 333 Å². The number of azo groups is 2. The summed E-state index contributed by atoms with van der Waals surface area (Å²) in [5.74, 6) is -1.07. The van der Waals surface area contributed by atoms with E-state index in [0.29, 0.717) is 22.8 Å². The van der Waals surface area contributed by atoms with Gasteiger partial charge in [-0.15, -0.1) is 10.2 Å². The Balaban J connectivity index is 0.000000275. The van der Waals surface area contributed by atoms with Crippen LogP contribution in [-0.2, 0) is 27.4 Å². The van der Waals surface area contributed by atoms with Gasteiger partial charge in [0.05, 0.1) is 44.0 Å². The van der Waals surface area contributed by atoms with Gasteiger partial charge in [0.15, 0.2) is 11.4 Å². The Morgan fingerprint density at radius 2 is 1.09 bits per heavy atom. The minimum atomic E-state index is -3.99. The minimum absolute atomic E-state index is 0. The molecule has 4 N–H and O–H groups in total. The number of para-hydroxylation sites is 2. The molecule has 6 aromatic rings. The number of non-ortho nitro benzene ring substituents is 1. The topological polar surface area (TPSA) is 274 Å². The van der Waals surface area contributed by atoms with Gasteiger partial charge in [-0.3, -0.25) is 29.9 Å². The van der Waals surface area contributed by atoms with Gasteiger partial charge in [-0.1, -0.05) is 60.0 Å². The Morgan fingerprint density at radius 3 is 1.51 bits per heavy atom. The molecule has 2 heterocycles. The van der Waals surface area contributed by atoms with Gasteiger partial charge < -0.3 is 10.2 Å². The molecule has 53 heavy (non-hydrogen) atoms. The van der Waals surface area contributed by atoms with Gasteiger partial charge in [0.2, 0.25) is 10.0 Å². The summed E-state index contributed by atoms with van der Waals surface area (Å²) >= 11 is 0. The van der Waals surface area contributed by atoms with Crippen LogP contribution < -0.4 is 56.0 Å².